The third-order valence-corrected chi connectivity index (χ3v) is 8.60. The van der Waals surface area contributed by atoms with Gasteiger partial charge in [-0.2, -0.15) is 0 Å². The predicted molar refractivity (Wildman–Crippen MR) is 188 cm³/mol. The van der Waals surface area contributed by atoms with Gasteiger partial charge in [-0.25, -0.2) is 4.98 Å². The summed E-state index contributed by atoms with van der Waals surface area (Å²) in [6, 6.07) is 29.0. The van der Waals surface area contributed by atoms with Gasteiger partial charge in [-0.15, -0.1) is 23.1 Å². The van der Waals surface area contributed by atoms with E-state index >= 15 is 0 Å². The van der Waals surface area contributed by atoms with Gasteiger partial charge in [-0.3, -0.25) is 14.4 Å². The number of benzene rings is 4. The number of thioether (sulfide) groups is 1. The van der Waals surface area contributed by atoms with Crippen molar-refractivity contribution in [3.8, 4) is 22.8 Å². The first-order chi connectivity index (χ1) is 22.8. The second-order valence-corrected chi connectivity index (χ2v) is 12.1. The van der Waals surface area contributed by atoms with Crippen molar-refractivity contribution in [3.05, 3.63) is 125 Å². The van der Waals surface area contributed by atoms with Crippen LogP contribution in [0.4, 0.5) is 10.8 Å². The number of anilines is 2. The van der Waals surface area contributed by atoms with E-state index in [1.807, 2.05) is 73.0 Å². The highest BCUT2D eigenvalue weighted by atomic mass is 32.2. The van der Waals surface area contributed by atoms with E-state index < -0.39 is 5.91 Å². The van der Waals surface area contributed by atoms with Crippen molar-refractivity contribution < 1.29 is 23.9 Å². The molecule has 1 aromatic heterocycles. The van der Waals surface area contributed by atoms with E-state index in [0.29, 0.717) is 33.6 Å². The summed E-state index contributed by atoms with van der Waals surface area (Å²) in [7, 11) is 3.15. The molecule has 0 fully saturated rings. The maximum Gasteiger partial charge on any atom is 0.272 e. The Morgan fingerprint density at radius 1 is 0.851 bits per heavy atom. The number of ether oxygens (including phenoxy) is 2. The summed E-state index contributed by atoms with van der Waals surface area (Å²) in [6.07, 6.45) is 1.64. The molecule has 47 heavy (non-hydrogen) atoms. The van der Waals surface area contributed by atoms with Gasteiger partial charge in [0.05, 0.1) is 25.7 Å². The van der Waals surface area contributed by atoms with Crippen LogP contribution in [0.15, 0.2) is 113 Å². The molecule has 1 heterocycles. The highest BCUT2D eigenvalue weighted by Crippen LogP contribution is 2.33. The van der Waals surface area contributed by atoms with Crippen molar-refractivity contribution in [1.29, 1.82) is 0 Å². The predicted octanol–water partition coefficient (Wildman–Crippen LogP) is 7.28. The van der Waals surface area contributed by atoms with Crippen LogP contribution in [-0.4, -0.2) is 42.7 Å². The molecule has 11 heteroatoms. The first-order valence-corrected chi connectivity index (χ1v) is 16.3. The van der Waals surface area contributed by atoms with Gasteiger partial charge in [-0.1, -0.05) is 48.0 Å². The van der Waals surface area contributed by atoms with E-state index in [9.17, 15) is 14.4 Å². The number of nitrogens with zero attached hydrogens (tertiary/aromatic N) is 1. The minimum Gasteiger partial charge on any atom is -0.493 e. The van der Waals surface area contributed by atoms with Crippen molar-refractivity contribution in [1.82, 2.24) is 10.3 Å². The molecule has 0 atom stereocenters. The first kappa shape index (κ1) is 33.0. The van der Waals surface area contributed by atoms with E-state index in [4.69, 9.17) is 9.47 Å². The minimum absolute atomic E-state index is 0.106. The number of carbonyl (C=O) groups is 3. The second kappa shape index (κ2) is 15.7. The van der Waals surface area contributed by atoms with Gasteiger partial charge in [0.25, 0.3) is 11.8 Å². The van der Waals surface area contributed by atoms with Gasteiger partial charge in [0.2, 0.25) is 5.91 Å². The zero-order valence-corrected chi connectivity index (χ0v) is 27.5. The summed E-state index contributed by atoms with van der Waals surface area (Å²) in [5.41, 5.74) is 4.50. The minimum atomic E-state index is -0.467. The number of hydrogen-bond acceptors (Lipinski definition) is 8. The normalized spacial score (nSPS) is 11.0. The highest BCUT2D eigenvalue weighted by Gasteiger charge is 2.16. The molecular weight excluding hydrogens is 633 g/mol. The number of thiazole rings is 1. The number of hydrogen-bond donors (Lipinski definition) is 3. The molecule has 0 unspecified atom stereocenters. The topological polar surface area (TPSA) is 119 Å². The smallest absolute Gasteiger partial charge is 0.272 e. The van der Waals surface area contributed by atoms with Crippen LogP contribution in [0.1, 0.15) is 21.5 Å². The summed E-state index contributed by atoms with van der Waals surface area (Å²) >= 11 is 2.69. The number of carbonyl (C=O) groups excluding carboxylic acids is 3. The van der Waals surface area contributed by atoms with Crippen LogP contribution in [0.25, 0.3) is 17.3 Å². The first-order valence-electron chi connectivity index (χ1n) is 14.5. The summed E-state index contributed by atoms with van der Waals surface area (Å²) in [5, 5.41) is 10.8. The molecule has 0 bridgehead atoms. The number of aryl methyl sites for hydroxylation is 1. The molecule has 0 aliphatic carbocycles. The van der Waals surface area contributed by atoms with E-state index in [2.05, 4.69) is 20.9 Å². The standard InChI is InChI=1S/C36H32N4O5S2/c1-23-9-11-24(12-10-23)19-29(38-34(42)25-7-5-4-6-8-25)35(43)37-27-14-16-28(17-15-27)46-22-33(41)40-36-39-30(21-47-36)26-13-18-31(44-2)32(20-26)45-3/h4-21H,22H2,1-3H3,(H,37,43)(H,38,42)(H,39,40,41)/b29-19-. The Balaban J connectivity index is 1.17. The molecule has 238 valence electrons. The fraction of sp³-hybridized carbons (Fsp3) is 0.111. The van der Waals surface area contributed by atoms with Gasteiger partial charge in [0.15, 0.2) is 16.6 Å². The lowest BCUT2D eigenvalue weighted by molar-refractivity contribution is -0.114. The second-order valence-electron chi connectivity index (χ2n) is 10.2. The van der Waals surface area contributed by atoms with Gasteiger partial charge in [0, 0.05) is 27.1 Å². The number of nitrogens with one attached hydrogen (secondary N) is 3. The van der Waals surface area contributed by atoms with Crippen LogP contribution in [0.3, 0.4) is 0 Å². The molecule has 0 aliphatic rings. The number of amides is 3. The van der Waals surface area contributed by atoms with Crippen molar-refractivity contribution in [3.63, 3.8) is 0 Å². The molecule has 0 saturated heterocycles. The quantitative estimate of drug-likeness (QED) is 0.0948. The van der Waals surface area contributed by atoms with Gasteiger partial charge < -0.3 is 25.4 Å². The highest BCUT2D eigenvalue weighted by molar-refractivity contribution is 8.00. The molecule has 3 amide bonds. The van der Waals surface area contributed by atoms with Gasteiger partial charge in [0.1, 0.15) is 5.70 Å². The van der Waals surface area contributed by atoms with E-state index in [-0.39, 0.29) is 23.3 Å². The maximum absolute atomic E-state index is 13.3. The molecule has 3 N–H and O–H groups in total. The zero-order chi connectivity index (χ0) is 33.2. The monoisotopic (exact) mass is 664 g/mol. The molecule has 4 aromatic carbocycles. The Morgan fingerprint density at radius 2 is 1.57 bits per heavy atom. The van der Waals surface area contributed by atoms with Crippen molar-refractivity contribution in [2.75, 3.05) is 30.6 Å². The Labute approximate surface area is 281 Å². The molecule has 0 radical (unpaired) electrons. The van der Waals surface area contributed by atoms with Crippen LogP contribution < -0.4 is 25.4 Å². The molecule has 0 spiro atoms. The summed E-state index contributed by atoms with van der Waals surface area (Å²) in [5.74, 6) is 0.343. The van der Waals surface area contributed by atoms with Crippen LogP contribution in [0.2, 0.25) is 0 Å². The van der Waals surface area contributed by atoms with Crippen molar-refractivity contribution >= 4 is 57.7 Å². The average Bonchev–Trinajstić information content (AvgIpc) is 3.56. The third-order valence-electron chi connectivity index (χ3n) is 6.83. The lowest BCUT2D eigenvalue weighted by Gasteiger charge is -2.12. The van der Waals surface area contributed by atoms with E-state index in [1.54, 1.807) is 56.7 Å². The third kappa shape index (κ3) is 9.09. The molecule has 0 aliphatic heterocycles. The number of aromatic nitrogens is 1. The fourth-order valence-corrected chi connectivity index (χ4v) is 5.80. The summed E-state index contributed by atoms with van der Waals surface area (Å²) < 4.78 is 10.7. The van der Waals surface area contributed by atoms with Crippen LogP contribution in [0.5, 0.6) is 11.5 Å². The number of methoxy groups -OCH3 is 2. The molecule has 5 rings (SSSR count). The van der Waals surface area contributed by atoms with Gasteiger partial charge >= 0.3 is 0 Å². The number of rotatable bonds is 12. The lowest BCUT2D eigenvalue weighted by atomic mass is 10.1. The lowest BCUT2D eigenvalue weighted by Crippen LogP contribution is -2.30. The van der Waals surface area contributed by atoms with Crippen LogP contribution in [0, 0.1) is 6.92 Å². The molecular formula is C36H32N4O5S2. The maximum atomic E-state index is 13.3. The summed E-state index contributed by atoms with van der Waals surface area (Å²) in [6.45, 7) is 1.98. The van der Waals surface area contributed by atoms with Gasteiger partial charge in [-0.05, 0) is 73.2 Å². The Kier molecular flexibility index (Phi) is 11.1. The Morgan fingerprint density at radius 3 is 2.28 bits per heavy atom. The van der Waals surface area contributed by atoms with Crippen LogP contribution in [-0.2, 0) is 9.59 Å². The van der Waals surface area contributed by atoms with E-state index in [1.165, 1.54) is 23.1 Å². The molecule has 5 aromatic rings. The van der Waals surface area contributed by atoms with Crippen LogP contribution >= 0.6 is 23.1 Å². The SMILES string of the molecule is COc1ccc(-c2csc(NC(=O)CSc3ccc(NC(=O)/C(=C/c4ccc(C)cc4)NC(=O)c4ccccc4)cc3)n2)cc1OC. The average molecular weight is 665 g/mol. The Bertz CT molecular complexity index is 1890. The largest absolute Gasteiger partial charge is 0.493 e. The Hall–Kier alpha value is -5.39. The molecule has 0 saturated carbocycles. The zero-order valence-electron chi connectivity index (χ0n) is 25.9. The van der Waals surface area contributed by atoms with Crippen molar-refractivity contribution in [2.45, 2.75) is 11.8 Å². The summed E-state index contributed by atoms with van der Waals surface area (Å²) in [4.78, 5) is 44.2. The molecule has 9 nitrogen and oxygen atoms in total. The van der Waals surface area contributed by atoms with Crippen molar-refractivity contribution in [2.24, 2.45) is 0 Å². The van der Waals surface area contributed by atoms with E-state index in [0.717, 1.165) is 21.6 Å². The fourth-order valence-electron chi connectivity index (χ4n) is 4.37.